The molecule has 1 aliphatic heterocycles. The molecule has 356 valence electrons. The third-order valence-electron chi connectivity index (χ3n) is 12.7. The Hall–Kier alpha value is -6.08. The van der Waals surface area contributed by atoms with E-state index in [1.807, 2.05) is 69.3 Å². The molecule has 1 saturated carbocycles. The van der Waals surface area contributed by atoms with E-state index >= 15 is 0 Å². The average molecular weight is 936 g/mol. The van der Waals surface area contributed by atoms with Crippen molar-refractivity contribution in [2.45, 2.75) is 111 Å². The second-order valence-corrected chi connectivity index (χ2v) is 20.1. The SMILES string of the molecule is CC1(C)C(NC(=O)c2ccc(NCCCCCOCC(=O)N[C@H](C(=O)N3C[C@H](O)C[C@H]3C(=O)NCc3ccc(-c4cccnn4)cc3)C(C)(C)C)cc2)C(C)(C)C1Oc1ccc(C#N)c(Cl)c1. The van der Waals surface area contributed by atoms with Crippen LogP contribution in [0.3, 0.4) is 0 Å². The molecule has 2 aliphatic rings. The molecule has 2 fully saturated rings. The molecule has 1 aliphatic carbocycles. The van der Waals surface area contributed by atoms with Gasteiger partial charge in [-0.05, 0) is 78.8 Å². The van der Waals surface area contributed by atoms with Crippen LogP contribution in [0.15, 0.2) is 85.1 Å². The van der Waals surface area contributed by atoms with Gasteiger partial charge in [0.25, 0.3) is 5.91 Å². The van der Waals surface area contributed by atoms with Crippen molar-refractivity contribution >= 4 is 40.9 Å². The normalized spacial score (nSPS) is 19.9. The molecule has 3 aromatic carbocycles. The van der Waals surface area contributed by atoms with Gasteiger partial charge < -0.3 is 40.7 Å². The van der Waals surface area contributed by atoms with Gasteiger partial charge in [0.2, 0.25) is 17.7 Å². The van der Waals surface area contributed by atoms with Crippen LogP contribution in [0.1, 0.15) is 95.6 Å². The number of carbonyl (C=O) groups is 4. The number of hydrogen-bond donors (Lipinski definition) is 5. The molecule has 2 heterocycles. The van der Waals surface area contributed by atoms with E-state index in [9.17, 15) is 29.5 Å². The van der Waals surface area contributed by atoms with Crippen LogP contribution in [-0.4, -0.2) is 100 Å². The number of ether oxygens (including phenoxy) is 2. The fourth-order valence-electron chi connectivity index (χ4n) is 9.33. The number of hydrogen-bond acceptors (Lipinski definition) is 11. The highest BCUT2D eigenvalue weighted by Gasteiger charge is 2.64. The fraction of sp³-hybridized carbons (Fsp3) is 0.471. The summed E-state index contributed by atoms with van der Waals surface area (Å²) >= 11 is 6.24. The number of benzene rings is 3. The predicted octanol–water partition coefficient (Wildman–Crippen LogP) is 6.69. The number of unbranched alkanes of at least 4 members (excludes halogenated alkanes) is 2. The Bertz CT molecular complexity index is 2390. The molecule has 1 saturated heterocycles. The van der Waals surface area contributed by atoms with E-state index in [0.29, 0.717) is 35.1 Å². The molecule has 4 aromatic rings. The van der Waals surface area contributed by atoms with Gasteiger partial charge in [-0.25, -0.2) is 0 Å². The lowest BCUT2D eigenvalue weighted by Gasteiger charge is -2.63. The Morgan fingerprint density at radius 3 is 2.33 bits per heavy atom. The summed E-state index contributed by atoms with van der Waals surface area (Å²) in [6.07, 6.45) is 3.05. The van der Waals surface area contributed by atoms with Crippen LogP contribution < -0.4 is 26.0 Å². The highest BCUT2D eigenvalue weighted by molar-refractivity contribution is 6.31. The van der Waals surface area contributed by atoms with E-state index in [1.54, 1.807) is 36.5 Å². The molecule has 67 heavy (non-hydrogen) atoms. The third-order valence-corrected chi connectivity index (χ3v) is 13.0. The summed E-state index contributed by atoms with van der Waals surface area (Å²) in [6.45, 7) is 14.8. The Labute approximate surface area is 398 Å². The number of β-amino-alcohol motifs (C(OH)–C–C–N with tert-alkyl or cyclic N) is 1. The zero-order chi connectivity index (χ0) is 48.5. The van der Waals surface area contributed by atoms with Crippen molar-refractivity contribution in [2.75, 3.05) is 31.6 Å². The summed E-state index contributed by atoms with van der Waals surface area (Å²) in [5.74, 6) is -0.852. The Balaban J connectivity index is 0.877. The number of anilines is 1. The molecule has 0 radical (unpaired) electrons. The van der Waals surface area contributed by atoms with E-state index in [-0.39, 0.29) is 60.9 Å². The molecular weight excluding hydrogens is 872 g/mol. The van der Waals surface area contributed by atoms with E-state index in [0.717, 1.165) is 41.8 Å². The monoisotopic (exact) mass is 934 g/mol. The van der Waals surface area contributed by atoms with Crippen LogP contribution in [0.2, 0.25) is 5.02 Å². The molecule has 0 spiro atoms. The van der Waals surface area contributed by atoms with Gasteiger partial charge in [-0.1, -0.05) is 84.3 Å². The Morgan fingerprint density at radius 1 is 0.970 bits per heavy atom. The number of aliphatic hydroxyl groups excluding tert-OH is 1. The van der Waals surface area contributed by atoms with Gasteiger partial charge in [0.1, 0.15) is 36.6 Å². The first-order valence-electron chi connectivity index (χ1n) is 22.8. The highest BCUT2D eigenvalue weighted by atomic mass is 35.5. The summed E-state index contributed by atoms with van der Waals surface area (Å²) < 4.78 is 12.0. The van der Waals surface area contributed by atoms with Crippen molar-refractivity contribution in [3.05, 3.63) is 107 Å². The molecule has 16 heteroatoms. The number of nitrogens with zero attached hydrogens (tertiary/aromatic N) is 4. The van der Waals surface area contributed by atoms with Crippen LogP contribution in [0, 0.1) is 27.6 Å². The number of aromatic nitrogens is 2. The number of nitrogens with one attached hydrogen (secondary N) is 4. The first-order valence-corrected chi connectivity index (χ1v) is 23.2. The molecule has 0 unspecified atom stereocenters. The van der Waals surface area contributed by atoms with Crippen LogP contribution >= 0.6 is 11.6 Å². The zero-order valence-electron chi connectivity index (χ0n) is 39.4. The molecule has 5 N–H and O–H groups in total. The Kier molecular flexibility index (Phi) is 16.3. The minimum absolute atomic E-state index is 0.0179. The summed E-state index contributed by atoms with van der Waals surface area (Å²) in [6, 6.07) is 23.7. The molecule has 15 nitrogen and oxygen atoms in total. The highest BCUT2D eigenvalue weighted by Crippen LogP contribution is 2.55. The second-order valence-electron chi connectivity index (χ2n) is 19.7. The fourth-order valence-corrected chi connectivity index (χ4v) is 9.54. The van der Waals surface area contributed by atoms with Crippen molar-refractivity contribution in [2.24, 2.45) is 16.2 Å². The number of rotatable bonds is 19. The topological polar surface area (TPSA) is 208 Å². The summed E-state index contributed by atoms with van der Waals surface area (Å²) in [5, 5.41) is 40.5. The van der Waals surface area contributed by atoms with E-state index in [2.05, 4.69) is 65.2 Å². The molecule has 6 rings (SSSR count). The Morgan fingerprint density at radius 2 is 1.69 bits per heavy atom. The van der Waals surface area contributed by atoms with Gasteiger partial charge in [-0.15, -0.1) is 0 Å². The van der Waals surface area contributed by atoms with E-state index in [4.69, 9.17) is 21.1 Å². The van der Waals surface area contributed by atoms with Gasteiger partial charge >= 0.3 is 0 Å². The summed E-state index contributed by atoms with van der Waals surface area (Å²) in [7, 11) is 0. The lowest BCUT2D eigenvalue weighted by atomic mass is 9.49. The number of nitriles is 1. The molecule has 1 aromatic heterocycles. The maximum absolute atomic E-state index is 14.0. The lowest BCUT2D eigenvalue weighted by molar-refractivity contribution is -0.164. The van der Waals surface area contributed by atoms with Crippen LogP contribution in [0.25, 0.3) is 11.3 Å². The first kappa shape index (κ1) is 50.3. The van der Waals surface area contributed by atoms with Gasteiger partial charge in [0, 0.05) is 78.6 Å². The van der Waals surface area contributed by atoms with Crippen LogP contribution in [0.4, 0.5) is 5.69 Å². The minimum Gasteiger partial charge on any atom is -0.489 e. The zero-order valence-corrected chi connectivity index (χ0v) is 40.2. The molecule has 0 bridgehead atoms. The maximum atomic E-state index is 14.0. The maximum Gasteiger partial charge on any atom is 0.251 e. The second kappa shape index (κ2) is 21.7. The van der Waals surface area contributed by atoms with Gasteiger partial charge in [-0.3, -0.25) is 19.2 Å². The van der Waals surface area contributed by atoms with E-state index in [1.165, 1.54) is 4.90 Å². The van der Waals surface area contributed by atoms with Gasteiger partial charge in [0.15, 0.2) is 0 Å². The standard InChI is InChI=1S/C51H63ClN8O7/c1-49(2,3)43(46(65)60-30-37(61)26-41(60)45(64)55-29-32-13-15-33(16-14-32)40-12-11-24-56-59-40)57-42(62)31-66-25-10-8-9-23-54-36-20-17-34(18-21-36)44(63)58-47-50(4,5)48(51(47,6)7)67-38-22-19-35(28-53)39(52)27-38/h11-22,24,27,37,41,43,47-48,54,61H,8-10,23,25-26,29-31H2,1-7H3,(H,55,64)(H,57,62)(H,58,63)/t37-,41+,43-,47?,48?/m1/s1. The summed E-state index contributed by atoms with van der Waals surface area (Å²) in [4.78, 5) is 55.2. The van der Waals surface area contributed by atoms with Crippen molar-refractivity contribution in [1.82, 2.24) is 31.0 Å². The number of halogens is 1. The average Bonchev–Trinajstić information content (AvgIpc) is 3.70. The van der Waals surface area contributed by atoms with E-state index < -0.39 is 35.4 Å². The van der Waals surface area contributed by atoms with Crippen LogP contribution in [-0.2, 0) is 25.7 Å². The quantitative estimate of drug-likeness (QED) is 0.0626. The largest absolute Gasteiger partial charge is 0.489 e. The van der Waals surface area contributed by atoms with Crippen molar-refractivity contribution in [3.8, 4) is 23.1 Å². The number of amides is 4. The third kappa shape index (κ3) is 12.5. The van der Waals surface area contributed by atoms with Crippen molar-refractivity contribution in [1.29, 1.82) is 5.26 Å². The molecule has 4 amide bonds. The van der Waals surface area contributed by atoms with Crippen molar-refractivity contribution < 1.29 is 33.8 Å². The lowest BCUT2D eigenvalue weighted by Crippen LogP contribution is -2.74. The number of carbonyl (C=O) groups excluding carboxylic acids is 4. The molecular formula is C51H63ClN8O7. The van der Waals surface area contributed by atoms with Gasteiger partial charge in [-0.2, -0.15) is 15.5 Å². The van der Waals surface area contributed by atoms with Crippen molar-refractivity contribution in [3.63, 3.8) is 0 Å². The predicted molar refractivity (Wildman–Crippen MR) is 256 cm³/mol. The first-order chi connectivity index (χ1) is 31.8. The number of likely N-dealkylation sites (tertiary alicyclic amines) is 1. The minimum atomic E-state index is -0.954. The van der Waals surface area contributed by atoms with Gasteiger partial charge in [0.05, 0.1) is 22.4 Å². The number of aliphatic hydroxyl groups is 1. The van der Waals surface area contributed by atoms with Crippen LogP contribution in [0.5, 0.6) is 5.75 Å². The molecule has 3 atom stereocenters. The summed E-state index contributed by atoms with van der Waals surface area (Å²) in [5.41, 5.74) is 2.87. The smallest absolute Gasteiger partial charge is 0.251 e.